The molecule has 1 fully saturated rings. The number of benzene rings is 1. The number of amides is 1. The summed E-state index contributed by atoms with van der Waals surface area (Å²) in [5.41, 5.74) is 0. The van der Waals surface area contributed by atoms with Crippen molar-refractivity contribution in [3.8, 4) is 0 Å². The fraction of sp³-hybridized carbons (Fsp3) is 0.562. The molecule has 1 saturated heterocycles. The first-order valence-electron chi connectivity index (χ1n) is 7.73. The Bertz CT molecular complexity index is 656. The van der Waals surface area contributed by atoms with Crippen LogP contribution in [0.2, 0.25) is 0 Å². The molecule has 5 nitrogen and oxygen atoms in total. The van der Waals surface area contributed by atoms with Crippen molar-refractivity contribution in [2.75, 3.05) is 13.1 Å². The second-order valence-corrected chi connectivity index (χ2v) is 8.65. The van der Waals surface area contributed by atoms with E-state index in [9.17, 15) is 17.6 Å². The average Bonchev–Trinajstić information content (AvgIpc) is 2.46. The molecule has 24 heavy (non-hydrogen) atoms. The number of piperazine rings is 1. The number of hydrogen-bond donors (Lipinski definition) is 1. The molecular formula is C16H24ClFN2O3S. The maximum atomic E-state index is 12.9. The lowest BCUT2D eigenvalue weighted by Crippen LogP contribution is -2.56. The lowest BCUT2D eigenvalue weighted by Gasteiger charge is -2.36. The number of nitrogens with zero attached hydrogens (tertiary/aromatic N) is 1. The number of hydrogen-bond acceptors (Lipinski definition) is 4. The van der Waals surface area contributed by atoms with Crippen molar-refractivity contribution in [3.05, 3.63) is 30.1 Å². The zero-order valence-corrected chi connectivity index (χ0v) is 15.7. The third-order valence-electron chi connectivity index (χ3n) is 4.04. The molecule has 0 saturated carbocycles. The highest BCUT2D eigenvalue weighted by Gasteiger charge is 2.30. The monoisotopic (exact) mass is 378 g/mol. The van der Waals surface area contributed by atoms with Gasteiger partial charge in [0.15, 0.2) is 9.84 Å². The summed E-state index contributed by atoms with van der Waals surface area (Å²) in [6.07, 6.45) is -0.0703. The average molecular weight is 379 g/mol. The second-order valence-electron chi connectivity index (χ2n) is 6.28. The first-order chi connectivity index (χ1) is 10.7. The van der Waals surface area contributed by atoms with Crippen LogP contribution in [0.15, 0.2) is 29.2 Å². The van der Waals surface area contributed by atoms with Gasteiger partial charge in [-0.05, 0) is 45.0 Å². The van der Waals surface area contributed by atoms with Crippen LogP contribution >= 0.6 is 12.4 Å². The number of carbonyl (C=O) groups is 1. The first-order valence-corrected chi connectivity index (χ1v) is 9.28. The van der Waals surface area contributed by atoms with Crippen LogP contribution in [-0.4, -0.2) is 49.6 Å². The van der Waals surface area contributed by atoms with E-state index in [1.165, 1.54) is 19.1 Å². The number of nitrogens with one attached hydrogen (secondary N) is 1. The molecule has 0 spiro atoms. The van der Waals surface area contributed by atoms with Gasteiger partial charge in [-0.3, -0.25) is 4.79 Å². The van der Waals surface area contributed by atoms with E-state index in [2.05, 4.69) is 5.32 Å². The van der Waals surface area contributed by atoms with Crippen molar-refractivity contribution in [2.24, 2.45) is 0 Å². The summed E-state index contributed by atoms with van der Waals surface area (Å²) in [7, 11) is -3.65. The van der Waals surface area contributed by atoms with Gasteiger partial charge in [-0.2, -0.15) is 0 Å². The summed E-state index contributed by atoms with van der Waals surface area (Å²) in [6, 6.07) is 5.07. The minimum atomic E-state index is -3.65. The fourth-order valence-electron chi connectivity index (χ4n) is 2.87. The number of halogens is 2. The summed E-state index contributed by atoms with van der Waals surface area (Å²) in [5, 5.41) is 2.48. The van der Waals surface area contributed by atoms with Gasteiger partial charge in [-0.25, -0.2) is 12.8 Å². The van der Waals surface area contributed by atoms with Crippen molar-refractivity contribution in [2.45, 2.75) is 49.4 Å². The Balaban J connectivity index is 0.00000288. The molecule has 8 heteroatoms. The number of sulfone groups is 1. The van der Waals surface area contributed by atoms with Gasteiger partial charge in [0.1, 0.15) is 5.82 Å². The topological polar surface area (TPSA) is 66.5 Å². The molecule has 3 unspecified atom stereocenters. The van der Waals surface area contributed by atoms with E-state index < -0.39 is 20.9 Å². The second kappa shape index (κ2) is 8.27. The first kappa shape index (κ1) is 20.9. The summed E-state index contributed by atoms with van der Waals surface area (Å²) in [5.74, 6) is -0.653. The molecule has 3 atom stereocenters. The van der Waals surface area contributed by atoms with E-state index in [-0.39, 0.29) is 41.7 Å². The third kappa shape index (κ3) is 4.91. The maximum absolute atomic E-state index is 12.9. The van der Waals surface area contributed by atoms with Crippen molar-refractivity contribution in [1.82, 2.24) is 10.2 Å². The molecule has 1 aromatic carbocycles. The van der Waals surface area contributed by atoms with E-state index >= 15 is 0 Å². The zero-order valence-electron chi connectivity index (χ0n) is 14.0. The van der Waals surface area contributed by atoms with Crippen molar-refractivity contribution in [1.29, 1.82) is 0 Å². The molecule has 0 radical (unpaired) electrons. The van der Waals surface area contributed by atoms with E-state index in [0.717, 1.165) is 12.1 Å². The van der Waals surface area contributed by atoms with Crippen molar-refractivity contribution in [3.63, 3.8) is 0 Å². The normalized spacial score (nSPS) is 22.6. The van der Waals surface area contributed by atoms with Crippen LogP contribution in [0.5, 0.6) is 0 Å². The van der Waals surface area contributed by atoms with Gasteiger partial charge in [0, 0.05) is 31.6 Å². The smallest absolute Gasteiger partial charge is 0.223 e. The Morgan fingerprint density at radius 3 is 2.25 bits per heavy atom. The zero-order chi connectivity index (χ0) is 17.2. The summed E-state index contributed by atoms with van der Waals surface area (Å²) < 4.78 is 37.9. The van der Waals surface area contributed by atoms with Crippen LogP contribution in [0.25, 0.3) is 0 Å². The summed E-state index contributed by atoms with van der Waals surface area (Å²) >= 11 is 0. The molecular weight excluding hydrogens is 355 g/mol. The van der Waals surface area contributed by atoms with Crippen LogP contribution < -0.4 is 5.32 Å². The fourth-order valence-corrected chi connectivity index (χ4v) is 4.21. The van der Waals surface area contributed by atoms with Gasteiger partial charge in [-0.15, -0.1) is 12.4 Å². The van der Waals surface area contributed by atoms with Gasteiger partial charge in [0.05, 0.1) is 10.1 Å². The Hall–Kier alpha value is -1.18. The van der Waals surface area contributed by atoms with Gasteiger partial charge in [0.2, 0.25) is 5.91 Å². The highest BCUT2D eigenvalue weighted by Crippen LogP contribution is 2.20. The molecule has 1 aromatic rings. The Kier molecular flexibility index (Phi) is 7.19. The lowest BCUT2D eigenvalue weighted by molar-refractivity contribution is -0.132. The van der Waals surface area contributed by atoms with E-state index in [0.29, 0.717) is 13.1 Å². The molecule has 0 aliphatic carbocycles. The third-order valence-corrected chi connectivity index (χ3v) is 6.20. The Morgan fingerprint density at radius 2 is 1.75 bits per heavy atom. The molecule has 1 aliphatic rings. The molecule has 0 bridgehead atoms. The molecule has 1 amide bonds. The van der Waals surface area contributed by atoms with Crippen LogP contribution in [0, 0.1) is 5.82 Å². The quantitative estimate of drug-likeness (QED) is 0.814. The standard InChI is InChI=1S/C16H23FN2O3S.ClH/c1-11-9-19(10-12(2)18-11)16(20)8-13(3)23(21,22)15-6-4-14(17)5-7-15;/h4-7,11-13,18H,8-10H2,1-3H3;1H. The Labute approximate surface area is 148 Å². The molecule has 0 aromatic heterocycles. The van der Waals surface area contributed by atoms with Gasteiger partial charge in [-0.1, -0.05) is 0 Å². The highest BCUT2D eigenvalue weighted by atomic mass is 35.5. The summed E-state index contributed by atoms with van der Waals surface area (Å²) in [4.78, 5) is 14.2. The molecule has 1 N–H and O–H groups in total. The predicted octanol–water partition coefficient (Wildman–Crippen LogP) is 2.01. The van der Waals surface area contributed by atoms with Crippen LogP contribution in [0.1, 0.15) is 27.2 Å². The van der Waals surface area contributed by atoms with Crippen molar-refractivity contribution >= 4 is 28.2 Å². The highest BCUT2D eigenvalue weighted by molar-refractivity contribution is 7.92. The van der Waals surface area contributed by atoms with Gasteiger partial charge in [0.25, 0.3) is 0 Å². The van der Waals surface area contributed by atoms with Crippen LogP contribution in [0.3, 0.4) is 0 Å². The van der Waals surface area contributed by atoms with E-state index in [4.69, 9.17) is 0 Å². The molecule has 1 heterocycles. The van der Waals surface area contributed by atoms with E-state index in [1.54, 1.807) is 4.90 Å². The van der Waals surface area contributed by atoms with Gasteiger partial charge >= 0.3 is 0 Å². The maximum Gasteiger partial charge on any atom is 0.223 e. The van der Waals surface area contributed by atoms with Gasteiger partial charge < -0.3 is 10.2 Å². The van der Waals surface area contributed by atoms with Crippen molar-refractivity contribution < 1.29 is 17.6 Å². The summed E-state index contributed by atoms with van der Waals surface area (Å²) in [6.45, 7) is 6.66. The lowest BCUT2D eigenvalue weighted by atomic mass is 10.1. The molecule has 1 aliphatic heterocycles. The SMILES string of the molecule is CC1CN(C(=O)CC(C)S(=O)(=O)c2ccc(F)cc2)CC(C)N1.Cl. The molecule has 136 valence electrons. The van der Waals surface area contributed by atoms with E-state index in [1.807, 2.05) is 13.8 Å². The molecule has 2 rings (SSSR count). The van der Waals surface area contributed by atoms with Crippen LogP contribution in [0.4, 0.5) is 4.39 Å². The van der Waals surface area contributed by atoms with Crippen LogP contribution in [-0.2, 0) is 14.6 Å². The number of rotatable bonds is 4. The largest absolute Gasteiger partial charge is 0.340 e. The predicted molar refractivity (Wildman–Crippen MR) is 93.6 cm³/mol. The Morgan fingerprint density at radius 1 is 1.25 bits per heavy atom. The number of carbonyl (C=O) groups excluding carboxylic acids is 1. The minimum Gasteiger partial charge on any atom is -0.340 e. The minimum absolute atomic E-state index is 0.